The van der Waals surface area contributed by atoms with Gasteiger partial charge in [0.25, 0.3) is 0 Å². The van der Waals surface area contributed by atoms with Crippen LogP contribution in [-0.4, -0.2) is 16.5 Å². The Hall–Kier alpha value is -2.27. The largest absolute Gasteiger partial charge is 0.369 e. The fourth-order valence-corrected chi connectivity index (χ4v) is 3.58. The first-order valence-corrected chi connectivity index (χ1v) is 8.48. The Morgan fingerprint density at radius 3 is 2.60 bits per heavy atom. The van der Waals surface area contributed by atoms with Gasteiger partial charge in [-0.25, -0.2) is 0 Å². The zero-order chi connectivity index (χ0) is 17.6. The summed E-state index contributed by atoms with van der Waals surface area (Å²) in [7, 11) is 0. The van der Waals surface area contributed by atoms with Crippen molar-refractivity contribution in [2.45, 2.75) is 13.2 Å². The van der Waals surface area contributed by atoms with Crippen molar-refractivity contribution < 1.29 is 9.63 Å². The van der Waals surface area contributed by atoms with Crippen molar-refractivity contribution in [1.29, 1.82) is 0 Å². The molecule has 1 atom stereocenters. The number of para-hydroxylation sites is 1. The van der Waals surface area contributed by atoms with Crippen LogP contribution in [0.2, 0.25) is 10.0 Å². The molecule has 2 N–H and O–H groups in total. The normalized spacial score (nSPS) is 17.6. The van der Waals surface area contributed by atoms with Crippen molar-refractivity contribution in [2.75, 3.05) is 5.32 Å². The minimum Gasteiger partial charge on any atom is -0.369 e. The Bertz CT molecular complexity index is 975. The van der Waals surface area contributed by atoms with Gasteiger partial charge in [0.1, 0.15) is 11.5 Å². The average molecular weight is 373 g/mol. The molecule has 3 aromatic rings. The van der Waals surface area contributed by atoms with Crippen LogP contribution in [0.25, 0.3) is 22.9 Å². The highest BCUT2D eigenvalue weighted by Crippen LogP contribution is 2.40. The summed E-state index contributed by atoms with van der Waals surface area (Å²) in [6.45, 7) is 1.81. The minimum absolute atomic E-state index is 0.492. The maximum absolute atomic E-state index is 10.4. The summed E-state index contributed by atoms with van der Waals surface area (Å²) in [4.78, 5) is 0. The third-order valence-corrected chi connectivity index (χ3v) is 4.86. The molecule has 6 heteroatoms. The molecular weight excluding hydrogens is 359 g/mol. The lowest BCUT2D eigenvalue weighted by molar-refractivity contribution is 0.266. The molecule has 4 nitrogen and oxygen atoms in total. The first kappa shape index (κ1) is 16.2. The third kappa shape index (κ3) is 2.72. The fourth-order valence-electron chi connectivity index (χ4n) is 3.00. The van der Waals surface area contributed by atoms with Gasteiger partial charge in [0, 0.05) is 28.0 Å². The lowest BCUT2D eigenvalue weighted by Crippen LogP contribution is -2.12. The number of aliphatic hydroxyl groups excluding tert-OH is 1. The Morgan fingerprint density at radius 1 is 1.12 bits per heavy atom. The number of aryl methyl sites for hydroxylation is 1. The van der Waals surface area contributed by atoms with Crippen LogP contribution >= 0.6 is 23.2 Å². The van der Waals surface area contributed by atoms with Gasteiger partial charge in [-0.1, -0.05) is 52.6 Å². The van der Waals surface area contributed by atoms with Crippen molar-refractivity contribution in [1.82, 2.24) is 5.16 Å². The number of benzene rings is 2. The van der Waals surface area contributed by atoms with Gasteiger partial charge in [0.2, 0.25) is 0 Å². The van der Waals surface area contributed by atoms with Crippen molar-refractivity contribution >= 4 is 40.5 Å². The summed E-state index contributed by atoms with van der Waals surface area (Å²) < 4.78 is 5.38. The molecule has 0 amide bonds. The Morgan fingerprint density at radius 2 is 1.84 bits per heavy atom. The lowest BCUT2D eigenvalue weighted by Gasteiger charge is -2.07. The van der Waals surface area contributed by atoms with Gasteiger partial charge < -0.3 is 14.9 Å². The van der Waals surface area contributed by atoms with Crippen molar-refractivity contribution in [2.24, 2.45) is 0 Å². The van der Waals surface area contributed by atoms with Crippen LogP contribution in [0.3, 0.4) is 0 Å². The Balaban J connectivity index is 1.90. The molecule has 0 saturated heterocycles. The molecule has 2 heterocycles. The van der Waals surface area contributed by atoms with Gasteiger partial charge in [-0.3, -0.25) is 0 Å². The van der Waals surface area contributed by atoms with E-state index in [-0.39, 0.29) is 0 Å². The van der Waals surface area contributed by atoms with Gasteiger partial charge in [0.05, 0.1) is 10.0 Å². The van der Waals surface area contributed by atoms with Crippen molar-refractivity contribution in [3.8, 4) is 11.3 Å². The molecule has 0 fully saturated rings. The molecule has 1 aromatic heterocycles. The van der Waals surface area contributed by atoms with Crippen LogP contribution < -0.4 is 5.32 Å². The molecule has 0 aliphatic carbocycles. The highest BCUT2D eigenvalue weighted by molar-refractivity contribution is 6.39. The van der Waals surface area contributed by atoms with E-state index in [4.69, 9.17) is 27.7 Å². The average Bonchev–Trinajstić information content (AvgIpc) is 3.09. The van der Waals surface area contributed by atoms with E-state index in [0.717, 1.165) is 22.4 Å². The van der Waals surface area contributed by atoms with E-state index < -0.39 is 6.23 Å². The number of halogens is 2. The second-order valence-electron chi connectivity index (χ2n) is 5.79. The summed E-state index contributed by atoms with van der Waals surface area (Å²) in [6.07, 6.45) is 1.06. The number of nitrogens with one attached hydrogen (secondary N) is 1. The Kier molecular flexibility index (Phi) is 4.04. The second-order valence-corrected chi connectivity index (χ2v) is 6.60. The van der Waals surface area contributed by atoms with E-state index in [1.54, 1.807) is 18.2 Å². The number of hydrogen-bond acceptors (Lipinski definition) is 4. The molecule has 126 valence electrons. The SMILES string of the molecule is Cc1onc(-c2c(Cl)cccc2Cl)c1/C=C1\c2ccccc2NC1O. The number of aromatic nitrogens is 1. The summed E-state index contributed by atoms with van der Waals surface area (Å²) in [5.41, 5.74) is 4.47. The van der Waals surface area contributed by atoms with Crippen LogP contribution in [-0.2, 0) is 0 Å². The van der Waals surface area contributed by atoms with E-state index in [1.807, 2.05) is 37.3 Å². The molecule has 0 bridgehead atoms. The van der Waals surface area contributed by atoms with Crippen molar-refractivity contribution in [3.05, 3.63) is 69.4 Å². The predicted octanol–water partition coefficient (Wildman–Crippen LogP) is 5.24. The quantitative estimate of drug-likeness (QED) is 0.645. The molecule has 1 aliphatic heterocycles. The summed E-state index contributed by atoms with van der Waals surface area (Å²) in [5, 5.41) is 18.6. The monoisotopic (exact) mass is 372 g/mol. The number of nitrogens with zero attached hydrogens (tertiary/aromatic N) is 1. The molecule has 1 aliphatic rings. The van der Waals surface area contributed by atoms with Gasteiger partial charge >= 0.3 is 0 Å². The van der Waals surface area contributed by atoms with E-state index in [2.05, 4.69) is 10.5 Å². The summed E-state index contributed by atoms with van der Waals surface area (Å²) in [5.74, 6) is 0.620. The molecule has 0 spiro atoms. The highest BCUT2D eigenvalue weighted by atomic mass is 35.5. The minimum atomic E-state index is -0.804. The number of aliphatic hydroxyl groups is 1. The first-order valence-electron chi connectivity index (χ1n) is 7.72. The summed E-state index contributed by atoms with van der Waals surface area (Å²) in [6, 6.07) is 13.0. The number of rotatable bonds is 2. The van der Waals surface area contributed by atoms with E-state index >= 15 is 0 Å². The van der Waals surface area contributed by atoms with Gasteiger partial charge in [-0.2, -0.15) is 0 Å². The first-order chi connectivity index (χ1) is 12.1. The predicted molar refractivity (Wildman–Crippen MR) is 101 cm³/mol. The maximum Gasteiger partial charge on any atom is 0.151 e. The maximum atomic E-state index is 10.4. The molecule has 4 rings (SSSR count). The molecule has 2 aromatic carbocycles. The van der Waals surface area contributed by atoms with Crippen molar-refractivity contribution in [3.63, 3.8) is 0 Å². The number of anilines is 1. The highest BCUT2D eigenvalue weighted by Gasteiger charge is 2.26. The molecule has 25 heavy (non-hydrogen) atoms. The van der Waals surface area contributed by atoms with Crippen LogP contribution in [0.15, 0.2) is 47.0 Å². The van der Waals surface area contributed by atoms with E-state index in [0.29, 0.717) is 27.1 Å². The molecule has 1 unspecified atom stereocenters. The van der Waals surface area contributed by atoms with Gasteiger partial charge in [-0.05, 0) is 31.2 Å². The molecule has 0 radical (unpaired) electrons. The third-order valence-electron chi connectivity index (χ3n) is 4.23. The van der Waals surface area contributed by atoms with Crippen LogP contribution in [0.5, 0.6) is 0 Å². The van der Waals surface area contributed by atoms with Gasteiger partial charge in [0.15, 0.2) is 6.23 Å². The molecule has 0 saturated carbocycles. The Labute approximate surface area is 154 Å². The fraction of sp³-hybridized carbons (Fsp3) is 0.105. The second kappa shape index (κ2) is 6.23. The number of fused-ring (bicyclic) bond motifs is 1. The van der Waals surface area contributed by atoms with Gasteiger partial charge in [-0.15, -0.1) is 0 Å². The van der Waals surface area contributed by atoms with Crippen LogP contribution in [0.4, 0.5) is 5.69 Å². The van der Waals surface area contributed by atoms with E-state index in [9.17, 15) is 5.11 Å². The smallest absolute Gasteiger partial charge is 0.151 e. The zero-order valence-electron chi connectivity index (χ0n) is 13.3. The van der Waals surface area contributed by atoms with E-state index in [1.165, 1.54) is 0 Å². The zero-order valence-corrected chi connectivity index (χ0v) is 14.8. The van der Waals surface area contributed by atoms with Crippen LogP contribution in [0, 0.1) is 6.92 Å². The number of hydrogen-bond donors (Lipinski definition) is 2. The molecular formula is C19H14Cl2N2O2. The topological polar surface area (TPSA) is 58.3 Å². The lowest BCUT2D eigenvalue weighted by atomic mass is 10.00. The summed E-state index contributed by atoms with van der Waals surface area (Å²) >= 11 is 12.6. The van der Waals surface area contributed by atoms with Crippen LogP contribution in [0.1, 0.15) is 16.9 Å². The standard InChI is InChI=1S/C19H14Cl2N2O2/c1-10-12(9-13-11-5-2-3-8-16(11)22-19(13)24)18(23-25-10)17-14(20)6-4-7-15(17)21/h2-9,19,22,24H,1H3/b13-9+.